The van der Waals surface area contributed by atoms with Crippen LogP contribution in [0.15, 0.2) is 61.4 Å². The first-order chi connectivity index (χ1) is 25.4. The lowest BCUT2D eigenvalue weighted by Crippen LogP contribution is -2.49. The molecule has 1 aliphatic rings. The van der Waals surface area contributed by atoms with Crippen molar-refractivity contribution in [3.8, 4) is 28.3 Å². The summed E-state index contributed by atoms with van der Waals surface area (Å²) in [5.41, 5.74) is 5.34. The predicted molar refractivity (Wildman–Crippen MR) is 175 cm³/mol. The number of pyridine rings is 2. The Morgan fingerprint density at radius 2 is 1.54 bits per heavy atom. The smallest absolute Gasteiger partial charge is 0.475 e. The second-order valence-corrected chi connectivity index (χ2v) is 11.3. The maximum atomic E-state index is 12.9. The number of carbonyl (C=O) groups is 3. The number of hydrogen-bond donors (Lipinski definition) is 2. The number of piperazine rings is 1. The maximum absolute atomic E-state index is 12.9. The Bertz CT molecular complexity index is 2100. The summed E-state index contributed by atoms with van der Waals surface area (Å²) in [6, 6.07) is 10.1. The van der Waals surface area contributed by atoms with Gasteiger partial charge in [0.25, 0.3) is 5.91 Å². The number of rotatable bonds is 7. The van der Waals surface area contributed by atoms with Crippen molar-refractivity contribution in [2.24, 2.45) is 7.05 Å². The number of anilines is 1. The summed E-state index contributed by atoms with van der Waals surface area (Å²) >= 11 is 0. The van der Waals surface area contributed by atoms with Gasteiger partial charge in [-0.2, -0.15) is 46.9 Å². The highest BCUT2D eigenvalue weighted by molar-refractivity contribution is 5.92. The Morgan fingerprint density at radius 3 is 2.06 bits per heavy atom. The second kappa shape index (κ2) is 16.9. The summed E-state index contributed by atoms with van der Waals surface area (Å²) in [6.07, 6.45) is 0.701. The largest absolute Gasteiger partial charge is 0.490 e. The summed E-state index contributed by atoms with van der Waals surface area (Å²) in [5, 5.41) is 37.0. The molecule has 1 amide bonds. The number of ether oxygens (including phenoxy) is 1. The molecule has 1 aliphatic heterocycles. The number of carbonyl (C=O) groups excluding carboxylic acids is 1. The van der Waals surface area contributed by atoms with Crippen molar-refractivity contribution < 1.29 is 55.7 Å². The SMILES string of the molecule is COCCn1ccc(C(=O)N2CCN(c3ccc(-c4cc(-c5cnn(C)c5)cn5ncc(C#N)c45)cn3)CC2)n1.O=C(O)C(F)(F)F.O=C(O)C(F)(F)F. The fourth-order valence-corrected chi connectivity index (χ4v) is 4.97. The molecular formula is C32H30F6N10O6. The Balaban J connectivity index is 0.000000396. The number of nitriles is 1. The lowest BCUT2D eigenvalue weighted by Gasteiger charge is -2.35. The number of nitrogens with zero attached hydrogens (tertiary/aromatic N) is 10. The number of carboxylic acids is 2. The highest BCUT2D eigenvalue weighted by Crippen LogP contribution is 2.32. The third-order valence-corrected chi connectivity index (χ3v) is 7.59. The van der Waals surface area contributed by atoms with Crippen molar-refractivity contribution >= 4 is 29.2 Å². The first kappa shape index (κ1) is 40.3. The minimum absolute atomic E-state index is 0.0641. The van der Waals surface area contributed by atoms with Crippen molar-refractivity contribution in [3.05, 3.63) is 72.7 Å². The van der Waals surface area contributed by atoms with E-state index < -0.39 is 24.3 Å². The molecule has 0 unspecified atom stereocenters. The van der Waals surface area contributed by atoms with Crippen LogP contribution in [-0.2, 0) is 27.9 Å². The van der Waals surface area contributed by atoms with Gasteiger partial charge in [0, 0.05) is 87.4 Å². The molecule has 286 valence electrons. The van der Waals surface area contributed by atoms with Crippen LogP contribution in [0.2, 0.25) is 0 Å². The fourth-order valence-electron chi connectivity index (χ4n) is 4.97. The van der Waals surface area contributed by atoms with Crippen molar-refractivity contribution in [3.63, 3.8) is 0 Å². The van der Waals surface area contributed by atoms with Gasteiger partial charge in [-0.25, -0.2) is 19.1 Å². The van der Waals surface area contributed by atoms with E-state index in [1.54, 1.807) is 45.6 Å². The summed E-state index contributed by atoms with van der Waals surface area (Å²) in [4.78, 5) is 39.5. The summed E-state index contributed by atoms with van der Waals surface area (Å²) in [7, 11) is 3.52. The molecule has 5 aromatic rings. The van der Waals surface area contributed by atoms with E-state index in [-0.39, 0.29) is 5.91 Å². The van der Waals surface area contributed by atoms with Crippen molar-refractivity contribution in [1.29, 1.82) is 5.26 Å². The Kier molecular flexibility index (Phi) is 12.6. The van der Waals surface area contributed by atoms with E-state index in [0.29, 0.717) is 50.6 Å². The number of hydrogen-bond acceptors (Lipinski definition) is 10. The molecule has 0 aromatic carbocycles. The Morgan fingerprint density at radius 1 is 0.889 bits per heavy atom. The predicted octanol–water partition coefficient (Wildman–Crippen LogP) is 3.74. The van der Waals surface area contributed by atoms with Crippen molar-refractivity contribution in [1.82, 2.24) is 39.1 Å². The zero-order valence-electron chi connectivity index (χ0n) is 28.3. The number of fused-ring (bicyclic) bond motifs is 1. The molecule has 0 bridgehead atoms. The number of aryl methyl sites for hydroxylation is 1. The van der Waals surface area contributed by atoms with Gasteiger partial charge in [0.2, 0.25) is 0 Å². The van der Waals surface area contributed by atoms with Crippen LogP contribution in [0.1, 0.15) is 16.1 Å². The maximum Gasteiger partial charge on any atom is 0.490 e. The minimum atomic E-state index is -5.08. The first-order valence-electron chi connectivity index (χ1n) is 15.5. The van der Waals surface area contributed by atoms with Crippen LogP contribution >= 0.6 is 0 Å². The van der Waals surface area contributed by atoms with Crippen LogP contribution in [0.4, 0.5) is 32.2 Å². The monoisotopic (exact) mass is 764 g/mol. The van der Waals surface area contributed by atoms with E-state index >= 15 is 0 Å². The van der Waals surface area contributed by atoms with Gasteiger partial charge < -0.3 is 24.7 Å². The topological polar surface area (TPSA) is 197 Å². The molecule has 16 nitrogen and oxygen atoms in total. The number of halogens is 6. The highest BCUT2D eigenvalue weighted by atomic mass is 19.4. The third-order valence-electron chi connectivity index (χ3n) is 7.59. The van der Waals surface area contributed by atoms with Crippen molar-refractivity contribution in [2.75, 3.05) is 44.8 Å². The lowest BCUT2D eigenvalue weighted by molar-refractivity contribution is -0.193. The normalized spacial score (nSPS) is 13.0. The summed E-state index contributed by atoms with van der Waals surface area (Å²) < 4.78 is 73.8. The van der Waals surface area contributed by atoms with Crippen LogP contribution in [0.25, 0.3) is 27.8 Å². The van der Waals surface area contributed by atoms with Gasteiger partial charge in [0.1, 0.15) is 17.6 Å². The van der Waals surface area contributed by atoms with E-state index in [1.165, 1.54) is 0 Å². The van der Waals surface area contributed by atoms with Gasteiger partial charge in [0.15, 0.2) is 0 Å². The molecule has 0 aliphatic carbocycles. The van der Waals surface area contributed by atoms with Crippen LogP contribution in [0.3, 0.4) is 0 Å². The number of methoxy groups -OCH3 is 1. The quantitative estimate of drug-likeness (QED) is 0.228. The molecule has 1 fully saturated rings. The fraction of sp³-hybridized carbons (Fsp3) is 0.312. The third kappa shape index (κ3) is 10.1. The van der Waals surface area contributed by atoms with E-state index in [9.17, 15) is 36.4 Å². The van der Waals surface area contributed by atoms with Gasteiger partial charge in [-0.05, 0) is 24.3 Å². The van der Waals surface area contributed by atoms with Crippen LogP contribution in [0, 0.1) is 11.3 Å². The van der Waals surface area contributed by atoms with E-state index in [1.807, 2.05) is 48.7 Å². The van der Waals surface area contributed by atoms with E-state index in [0.717, 1.165) is 33.6 Å². The van der Waals surface area contributed by atoms with Crippen LogP contribution in [0.5, 0.6) is 0 Å². The number of aromatic nitrogens is 7. The van der Waals surface area contributed by atoms with E-state index in [2.05, 4.69) is 26.3 Å². The standard InChI is InChI=1S/C28H28N10O2.2C2HF3O2/c1-34-18-23(17-31-34)21-13-24(27-22(14-29)16-32-38(27)19-21)20-3-4-26(30-15-20)35-7-9-36(10-8-35)28(39)25-5-6-37(33-25)11-12-40-2;2*3-2(4,5)1(6)7/h3-6,13,15-19H,7-12H2,1-2H3;2*(H,6,7). The molecule has 22 heteroatoms. The lowest BCUT2D eigenvalue weighted by atomic mass is 10.0. The Hall–Kier alpha value is -6.50. The molecule has 6 heterocycles. The minimum Gasteiger partial charge on any atom is -0.475 e. The molecule has 0 saturated carbocycles. The molecule has 2 N–H and O–H groups in total. The van der Waals surface area contributed by atoms with Gasteiger partial charge in [-0.1, -0.05) is 0 Å². The number of amides is 1. The van der Waals surface area contributed by atoms with Crippen LogP contribution in [-0.4, -0.2) is 119 Å². The number of alkyl halides is 6. The van der Waals surface area contributed by atoms with E-state index in [4.69, 9.17) is 29.5 Å². The number of carboxylic acid groups (broad SMARTS) is 2. The average molecular weight is 765 g/mol. The molecule has 0 spiro atoms. The molecule has 0 radical (unpaired) electrons. The Labute approximate surface area is 301 Å². The first-order valence-corrected chi connectivity index (χ1v) is 15.5. The molecule has 0 atom stereocenters. The summed E-state index contributed by atoms with van der Waals surface area (Å²) in [6.45, 7) is 3.67. The van der Waals surface area contributed by atoms with Crippen molar-refractivity contribution in [2.45, 2.75) is 18.9 Å². The zero-order valence-corrected chi connectivity index (χ0v) is 28.3. The molecular weight excluding hydrogens is 734 g/mol. The average Bonchev–Trinajstić information content (AvgIpc) is 3.90. The molecule has 54 heavy (non-hydrogen) atoms. The molecule has 1 saturated heterocycles. The van der Waals surface area contributed by atoms with Crippen LogP contribution < -0.4 is 4.90 Å². The van der Waals surface area contributed by atoms with Gasteiger partial charge in [-0.3, -0.25) is 14.2 Å². The highest BCUT2D eigenvalue weighted by Gasteiger charge is 2.39. The van der Waals surface area contributed by atoms with Gasteiger partial charge in [-0.15, -0.1) is 0 Å². The molecule has 5 aromatic heterocycles. The second-order valence-electron chi connectivity index (χ2n) is 11.3. The zero-order chi connectivity index (χ0) is 39.8. The van der Waals surface area contributed by atoms with Gasteiger partial charge in [0.05, 0.1) is 36.6 Å². The van der Waals surface area contributed by atoms with Gasteiger partial charge >= 0.3 is 24.3 Å². The number of aliphatic carboxylic acids is 2. The molecule has 6 rings (SSSR count). The summed E-state index contributed by atoms with van der Waals surface area (Å²) in [5.74, 6) is -4.74.